The predicted octanol–water partition coefficient (Wildman–Crippen LogP) is 2.32. The van der Waals surface area contributed by atoms with Gasteiger partial charge in [0.05, 0.1) is 0 Å². The Morgan fingerprint density at radius 3 is 2.00 bits per heavy atom. The van der Waals surface area contributed by atoms with Gasteiger partial charge in [-0.15, -0.1) is 0 Å². The van der Waals surface area contributed by atoms with Gasteiger partial charge in [0.2, 0.25) is 5.91 Å². The molecule has 3 nitrogen and oxygen atoms in total. The molecule has 96 valence electrons. The SMILES string of the molecule is CC(C)(C)CCC(=O)NCCNC(C)(C)C. The molecule has 0 spiro atoms. The number of carbonyl (C=O) groups excluding carboxylic acids is 1. The van der Waals surface area contributed by atoms with Crippen LogP contribution < -0.4 is 10.6 Å². The van der Waals surface area contributed by atoms with Crippen LogP contribution in [0.2, 0.25) is 0 Å². The number of nitrogens with one attached hydrogen (secondary N) is 2. The van der Waals surface area contributed by atoms with Gasteiger partial charge in [-0.2, -0.15) is 0 Å². The summed E-state index contributed by atoms with van der Waals surface area (Å²) in [6, 6.07) is 0. The first kappa shape index (κ1) is 15.4. The molecule has 0 unspecified atom stereocenters. The van der Waals surface area contributed by atoms with Crippen LogP contribution in [-0.2, 0) is 4.79 Å². The number of hydrogen-bond donors (Lipinski definition) is 2. The fourth-order valence-corrected chi connectivity index (χ4v) is 1.22. The minimum absolute atomic E-state index is 0.121. The predicted molar refractivity (Wildman–Crippen MR) is 69.5 cm³/mol. The molecule has 0 aliphatic rings. The van der Waals surface area contributed by atoms with E-state index in [0.717, 1.165) is 13.0 Å². The molecule has 0 fully saturated rings. The molecule has 0 bridgehead atoms. The first-order valence-corrected chi connectivity index (χ1v) is 6.12. The quantitative estimate of drug-likeness (QED) is 0.709. The molecule has 2 N–H and O–H groups in total. The molecule has 0 aliphatic heterocycles. The lowest BCUT2D eigenvalue weighted by molar-refractivity contribution is -0.121. The Kier molecular flexibility index (Phi) is 6.01. The van der Waals surface area contributed by atoms with Crippen molar-refractivity contribution >= 4 is 5.91 Å². The Hall–Kier alpha value is -0.570. The first-order chi connectivity index (χ1) is 7.10. The van der Waals surface area contributed by atoms with E-state index in [9.17, 15) is 4.79 Å². The van der Waals surface area contributed by atoms with Gasteiger partial charge < -0.3 is 10.6 Å². The molecule has 3 heteroatoms. The van der Waals surface area contributed by atoms with Gasteiger partial charge >= 0.3 is 0 Å². The first-order valence-electron chi connectivity index (χ1n) is 6.12. The maximum atomic E-state index is 11.5. The smallest absolute Gasteiger partial charge is 0.220 e. The van der Waals surface area contributed by atoms with Crippen molar-refractivity contribution < 1.29 is 4.79 Å². The van der Waals surface area contributed by atoms with Crippen LogP contribution in [0.15, 0.2) is 0 Å². The molecule has 0 saturated heterocycles. The van der Waals surface area contributed by atoms with Crippen LogP contribution in [-0.4, -0.2) is 24.5 Å². The van der Waals surface area contributed by atoms with Gasteiger partial charge in [0.15, 0.2) is 0 Å². The van der Waals surface area contributed by atoms with Gasteiger partial charge in [0.1, 0.15) is 0 Å². The zero-order valence-corrected chi connectivity index (χ0v) is 11.7. The van der Waals surface area contributed by atoms with Crippen molar-refractivity contribution in [3.63, 3.8) is 0 Å². The van der Waals surface area contributed by atoms with E-state index in [4.69, 9.17) is 0 Å². The molecular weight excluding hydrogens is 200 g/mol. The Labute approximate surface area is 100 Å². The van der Waals surface area contributed by atoms with E-state index in [1.165, 1.54) is 0 Å². The molecule has 0 radical (unpaired) electrons. The Morgan fingerprint density at radius 2 is 1.56 bits per heavy atom. The molecule has 0 aromatic carbocycles. The Balaban J connectivity index is 3.52. The molecular formula is C13H28N2O. The number of hydrogen-bond acceptors (Lipinski definition) is 2. The van der Waals surface area contributed by atoms with E-state index in [1.807, 2.05) is 0 Å². The summed E-state index contributed by atoms with van der Waals surface area (Å²) in [5, 5.41) is 6.26. The number of amides is 1. The zero-order chi connectivity index (χ0) is 12.8. The highest BCUT2D eigenvalue weighted by Gasteiger charge is 2.12. The van der Waals surface area contributed by atoms with Gasteiger partial charge in [-0.3, -0.25) is 4.79 Å². The van der Waals surface area contributed by atoms with Gasteiger partial charge in [0.25, 0.3) is 0 Å². The van der Waals surface area contributed by atoms with E-state index in [-0.39, 0.29) is 16.9 Å². The number of rotatable bonds is 5. The van der Waals surface area contributed by atoms with Crippen molar-refractivity contribution in [3.8, 4) is 0 Å². The summed E-state index contributed by atoms with van der Waals surface area (Å²) in [5.74, 6) is 0.158. The van der Waals surface area contributed by atoms with Crippen LogP contribution in [0.3, 0.4) is 0 Å². The van der Waals surface area contributed by atoms with Crippen LogP contribution in [0.4, 0.5) is 0 Å². The molecule has 0 saturated carbocycles. The van der Waals surface area contributed by atoms with Crippen LogP contribution in [0.25, 0.3) is 0 Å². The second-order valence-corrected chi connectivity index (χ2v) is 6.59. The summed E-state index contributed by atoms with van der Waals surface area (Å²) in [4.78, 5) is 11.5. The minimum atomic E-state index is 0.121. The van der Waals surface area contributed by atoms with Gasteiger partial charge in [-0.05, 0) is 32.6 Å². The molecule has 0 aromatic heterocycles. The fourth-order valence-electron chi connectivity index (χ4n) is 1.22. The van der Waals surface area contributed by atoms with Crippen LogP contribution in [0.5, 0.6) is 0 Å². The molecule has 0 aromatic rings. The third-order valence-electron chi connectivity index (χ3n) is 2.20. The van der Waals surface area contributed by atoms with Crippen molar-refractivity contribution in [2.45, 2.75) is 59.9 Å². The highest BCUT2D eigenvalue weighted by molar-refractivity contribution is 5.75. The summed E-state index contributed by atoms with van der Waals surface area (Å²) < 4.78 is 0. The van der Waals surface area contributed by atoms with Crippen LogP contribution >= 0.6 is 0 Å². The maximum absolute atomic E-state index is 11.5. The summed E-state index contributed by atoms with van der Waals surface area (Å²) in [5.41, 5.74) is 0.358. The average molecular weight is 228 g/mol. The van der Waals surface area contributed by atoms with Gasteiger partial charge in [-0.1, -0.05) is 20.8 Å². The van der Waals surface area contributed by atoms with E-state index in [2.05, 4.69) is 52.2 Å². The summed E-state index contributed by atoms with van der Waals surface area (Å²) >= 11 is 0. The highest BCUT2D eigenvalue weighted by Crippen LogP contribution is 2.19. The monoisotopic (exact) mass is 228 g/mol. The van der Waals surface area contributed by atoms with Crippen molar-refractivity contribution in [1.82, 2.24) is 10.6 Å². The summed E-state index contributed by atoms with van der Waals surface area (Å²) in [6.07, 6.45) is 1.56. The van der Waals surface area contributed by atoms with Crippen LogP contribution in [0, 0.1) is 5.41 Å². The second-order valence-electron chi connectivity index (χ2n) is 6.59. The largest absolute Gasteiger partial charge is 0.355 e. The normalized spacial score (nSPS) is 12.6. The average Bonchev–Trinajstić information content (AvgIpc) is 2.06. The summed E-state index contributed by atoms with van der Waals surface area (Å²) in [7, 11) is 0. The lowest BCUT2D eigenvalue weighted by atomic mass is 9.90. The van der Waals surface area contributed by atoms with E-state index < -0.39 is 0 Å². The summed E-state index contributed by atoms with van der Waals surface area (Å²) in [6.45, 7) is 14.4. The Bertz CT molecular complexity index is 211. The van der Waals surface area contributed by atoms with Crippen LogP contribution in [0.1, 0.15) is 54.4 Å². The Morgan fingerprint density at radius 1 is 1.00 bits per heavy atom. The van der Waals surface area contributed by atoms with E-state index in [0.29, 0.717) is 13.0 Å². The van der Waals surface area contributed by atoms with Crippen molar-refractivity contribution in [2.24, 2.45) is 5.41 Å². The molecule has 0 atom stereocenters. The van der Waals surface area contributed by atoms with E-state index in [1.54, 1.807) is 0 Å². The van der Waals surface area contributed by atoms with Gasteiger partial charge in [-0.25, -0.2) is 0 Å². The number of carbonyl (C=O) groups is 1. The lowest BCUT2D eigenvalue weighted by Crippen LogP contribution is -2.41. The van der Waals surface area contributed by atoms with Crippen molar-refractivity contribution in [2.75, 3.05) is 13.1 Å². The third-order valence-corrected chi connectivity index (χ3v) is 2.20. The lowest BCUT2D eigenvalue weighted by Gasteiger charge is -2.21. The topological polar surface area (TPSA) is 41.1 Å². The van der Waals surface area contributed by atoms with Crippen molar-refractivity contribution in [1.29, 1.82) is 0 Å². The molecule has 0 heterocycles. The zero-order valence-electron chi connectivity index (χ0n) is 11.7. The van der Waals surface area contributed by atoms with Gasteiger partial charge in [0, 0.05) is 25.0 Å². The van der Waals surface area contributed by atoms with Crippen molar-refractivity contribution in [3.05, 3.63) is 0 Å². The molecule has 1 amide bonds. The standard InChI is InChI=1S/C13H28N2O/c1-12(2,3)8-7-11(16)14-9-10-15-13(4,5)6/h15H,7-10H2,1-6H3,(H,14,16). The minimum Gasteiger partial charge on any atom is -0.355 e. The molecule has 0 aliphatic carbocycles. The van der Waals surface area contributed by atoms with E-state index >= 15 is 0 Å². The fraction of sp³-hybridized carbons (Fsp3) is 0.923. The molecule has 16 heavy (non-hydrogen) atoms. The maximum Gasteiger partial charge on any atom is 0.220 e. The third kappa shape index (κ3) is 11.5. The second kappa shape index (κ2) is 6.24. The highest BCUT2D eigenvalue weighted by atomic mass is 16.1. The molecule has 0 rings (SSSR count).